The number of ether oxygens (including phenoxy) is 1. The van der Waals surface area contributed by atoms with E-state index in [1.54, 1.807) is 6.07 Å². The van der Waals surface area contributed by atoms with E-state index in [-0.39, 0.29) is 11.3 Å². The van der Waals surface area contributed by atoms with Gasteiger partial charge in [-0.2, -0.15) is 0 Å². The van der Waals surface area contributed by atoms with Crippen molar-refractivity contribution in [2.24, 2.45) is 0 Å². The Morgan fingerprint density at radius 1 is 1.35 bits per heavy atom. The lowest BCUT2D eigenvalue weighted by Crippen LogP contribution is -2.12. The third-order valence-electron chi connectivity index (χ3n) is 1.93. The highest BCUT2D eigenvalue weighted by atomic mass is 16.6. The van der Waals surface area contributed by atoms with Crippen molar-refractivity contribution in [1.29, 1.82) is 0 Å². The minimum atomic E-state index is -1.01. The van der Waals surface area contributed by atoms with Crippen molar-refractivity contribution in [1.82, 2.24) is 0 Å². The highest BCUT2D eigenvalue weighted by Crippen LogP contribution is 2.18. The quantitative estimate of drug-likeness (QED) is 0.258. The summed E-state index contributed by atoms with van der Waals surface area (Å²) in [6.45, 7) is 0. The van der Waals surface area contributed by atoms with Crippen molar-refractivity contribution in [3.8, 4) is 0 Å². The Hall–Kier alpha value is -2.50. The summed E-state index contributed by atoms with van der Waals surface area (Å²) >= 11 is 0. The number of carbonyl (C=O) groups is 2. The number of para-hydroxylation sites is 1. The molecular weight excluding hydrogens is 226 g/mol. The van der Waals surface area contributed by atoms with Crippen LogP contribution in [0.4, 0.5) is 5.69 Å². The maximum atomic E-state index is 11.1. The number of nitro benzene ring substituents is 1. The van der Waals surface area contributed by atoms with Gasteiger partial charge in [0, 0.05) is 6.07 Å². The molecule has 1 rings (SSSR count). The summed E-state index contributed by atoms with van der Waals surface area (Å²) in [5.41, 5.74) is 0.108. The first-order chi connectivity index (χ1) is 8.06. The first-order valence-electron chi connectivity index (χ1n) is 4.60. The minimum absolute atomic E-state index is 0.138. The number of nitrogens with zero attached hydrogens (tertiary/aromatic N) is 1. The van der Waals surface area contributed by atoms with Gasteiger partial charge in [-0.25, -0.2) is 4.79 Å². The fraction of sp³-hybridized carbons (Fsp3) is 0.0909. The molecule has 0 aliphatic carbocycles. The molecule has 6 heteroatoms. The van der Waals surface area contributed by atoms with Gasteiger partial charge in [-0.3, -0.25) is 14.9 Å². The van der Waals surface area contributed by atoms with Gasteiger partial charge < -0.3 is 4.74 Å². The van der Waals surface area contributed by atoms with Crippen LogP contribution < -0.4 is 0 Å². The molecule has 0 unspecified atom stereocenters. The molecule has 0 heterocycles. The molecule has 0 aliphatic rings. The second-order valence-electron chi connectivity index (χ2n) is 3.01. The molecule has 88 valence electrons. The molecule has 17 heavy (non-hydrogen) atoms. The molecule has 0 aliphatic heterocycles. The summed E-state index contributed by atoms with van der Waals surface area (Å²) in [7, 11) is 1.08. The molecule has 1 aromatic carbocycles. The lowest BCUT2D eigenvalue weighted by Gasteiger charge is -1.96. The summed E-state index contributed by atoms with van der Waals surface area (Å²) in [6, 6.07) is 5.88. The number of ketones is 1. The summed E-state index contributed by atoms with van der Waals surface area (Å²) in [5.74, 6) is -1.88. The molecule has 0 aromatic heterocycles. The van der Waals surface area contributed by atoms with E-state index in [0.29, 0.717) is 0 Å². The second-order valence-corrected chi connectivity index (χ2v) is 3.01. The van der Waals surface area contributed by atoms with Crippen LogP contribution >= 0.6 is 0 Å². The molecule has 0 atom stereocenters. The minimum Gasteiger partial charge on any atom is -0.463 e. The van der Waals surface area contributed by atoms with Gasteiger partial charge in [-0.15, -0.1) is 0 Å². The molecule has 0 N–H and O–H groups in total. The first-order valence-corrected chi connectivity index (χ1v) is 4.60. The van der Waals surface area contributed by atoms with Gasteiger partial charge in [0.15, 0.2) is 0 Å². The molecule has 0 spiro atoms. The van der Waals surface area contributed by atoms with Gasteiger partial charge in [0.25, 0.3) is 11.5 Å². The molecule has 0 saturated carbocycles. The van der Waals surface area contributed by atoms with Crippen LogP contribution in [0.1, 0.15) is 5.56 Å². The van der Waals surface area contributed by atoms with Crippen molar-refractivity contribution >= 4 is 23.5 Å². The normalized spacial score (nSPS) is 10.2. The molecule has 1 aromatic rings. The van der Waals surface area contributed by atoms with Crippen LogP contribution in [-0.4, -0.2) is 23.8 Å². The van der Waals surface area contributed by atoms with Crippen molar-refractivity contribution < 1.29 is 19.2 Å². The highest BCUT2D eigenvalue weighted by Gasteiger charge is 2.12. The zero-order chi connectivity index (χ0) is 12.8. The molecule has 0 radical (unpaired) electrons. The van der Waals surface area contributed by atoms with Gasteiger partial charge in [-0.1, -0.05) is 12.1 Å². The average Bonchev–Trinajstić information content (AvgIpc) is 2.35. The summed E-state index contributed by atoms with van der Waals surface area (Å²) in [4.78, 5) is 32.0. The van der Waals surface area contributed by atoms with E-state index in [9.17, 15) is 19.7 Å². The van der Waals surface area contributed by atoms with Crippen LogP contribution in [0.5, 0.6) is 0 Å². The Balaban J connectivity index is 2.96. The Morgan fingerprint density at radius 2 is 2.00 bits per heavy atom. The number of carbonyl (C=O) groups excluding carboxylic acids is 2. The Morgan fingerprint density at radius 3 is 2.59 bits per heavy atom. The second kappa shape index (κ2) is 5.55. The van der Waals surface area contributed by atoms with Crippen LogP contribution in [0.3, 0.4) is 0 Å². The zero-order valence-electron chi connectivity index (χ0n) is 8.95. The number of methoxy groups -OCH3 is 1. The number of rotatable bonds is 4. The van der Waals surface area contributed by atoms with E-state index in [0.717, 1.165) is 13.2 Å². The monoisotopic (exact) mass is 235 g/mol. The van der Waals surface area contributed by atoms with Crippen molar-refractivity contribution in [2.75, 3.05) is 7.11 Å². The van der Waals surface area contributed by atoms with Crippen LogP contribution in [0.2, 0.25) is 0 Å². The number of hydrogen-bond donors (Lipinski definition) is 0. The predicted octanol–water partition coefficient (Wildman–Crippen LogP) is 1.35. The molecule has 0 amide bonds. The van der Waals surface area contributed by atoms with Gasteiger partial charge >= 0.3 is 5.97 Å². The highest BCUT2D eigenvalue weighted by molar-refractivity contribution is 6.39. The molecular formula is C11H9NO5. The molecule has 0 saturated heterocycles. The Kier molecular flexibility index (Phi) is 4.10. The SMILES string of the molecule is COC(=O)C(=O)C=Cc1ccccc1[N+](=O)[O-]. The average molecular weight is 235 g/mol. The first kappa shape index (κ1) is 12.6. The van der Waals surface area contributed by atoms with Crippen molar-refractivity contribution in [2.45, 2.75) is 0 Å². The van der Waals surface area contributed by atoms with Crippen molar-refractivity contribution in [3.63, 3.8) is 0 Å². The Bertz CT molecular complexity index is 492. The summed E-state index contributed by atoms with van der Waals surface area (Å²) in [6.07, 6.45) is 2.14. The van der Waals surface area contributed by atoms with Gasteiger partial charge in [0.05, 0.1) is 17.6 Å². The van der Waals surface area contributed by atoms with E-state index >= 15 is 0 Å². The van der Waals surface area contributed by atoms with E-state index in [1.807, 2.05) is 0 Å². The van der Waals surface area contributed by atoms with Crippen molar-refractivity contribution in [3.05, 3.63) is 46.0 Å². The smallest absolute Gasteiger partial charge is 0.378 e. The third kappa shape index (κ3) is 3.23. The van der Waals surface area contributed by atoms with Gasteiger partial charge in [-0.05, 0) is 18.2 Å². The maximum absolute atomic E-state index is 11.1. The zero-order valence-corrected chi connectivity index (χ0v) is 8.95. The standard InChI is InChI=1S/C11H9NO5/c1-17-11(14)10(13)7-6-8-4-2-3-5-9(8)12(15)16/h2-7H,1H3. The lowest BCUT2D eigenvalue weighted by molar-refractivity contribution is -0.385. The number of benzene rings is 1. The van der Waals surface area contributed by atoms with Crippen LogP contribution in [0, 0.1) is 10.1 Å². The third-order valence-corrected chi connectivity index (χ3v) is 1.93. The fourth-order valence-corrected chi connectivity index (χ4v) is 1.13. The summed E-state index contributed by atoms with van der Waals surface area (Å²) < 4.78 is 4.20. The number of hydrogen-bond acceptors (Lipinski definition) is 5. The van der Waals surface area contributed by atoms with Gasteiger partial charge in [0.2, 0.25) is 0 Å². The lowest BCUT2D eigenvalue weighted by atomic mass is 10.1. The number of esters is 1. The summed E-state index contributed by atoms with van der Waals surface area (Å²) in [5, 5.41) is 10.7. The van der Waals surface area contributed by atoms with E-state index < -0.39 is 16.7 Å². The molecule has 0 bridgehead atoms. The molecule has 0 fully saturated rings. The topological polar surface area (TPSA) is 86.5 Å². The van der Waals surface area contributed by atoms with Crippen LogP contribution in [-0.2, 0) is 14.3 Å². The van der Waals surface area contributed by atoms with E-state index in [4.69, 9.17) is 0 Å². The fourth-order valence-electron chi connectivity index (χ4n) is 1.13. The van der Waals surface area contributed by atoms with E-state index in [2.05, 4.69) is 4.74 Å². The van der Waals surface area contributed by atoms with Gasteiger partial charge in [0.1, 0.15) is 0 Å². The molecule has 6 nitrogen and oxygen atoms in total. The van der Waals surface area contributed by atoms with Crippen LogP contribution in [0.25, 0.3) is 6.08 Å². The maximum Gasteiger partial charge on any atom is 0.378 e. The van der Waals surface area contributed by atoms with Crippen LogP contribution in [0.15, 0.2) is 30.3 Å². The van der Waals surface area contributed by atoms with E-state index in [1.165, 1.54) is 24.3 Å². The predicted molar refractivity (Wildman–Crippen MR) is 59.2 cm³/mol. The Labute approximate surface area is 96.7 Å². The largest absolute Gasteiger partial charge is 0.463 e. The number of nitro groups is 1.